The summed E-state index contributed by atoms with van der Waals surface area (Å²) in [6, 6.07) is 28.8. The Morgan fingerprint density at radius 2 is 1.00 bits per heavy atom. The summed E-state index contributed by atoms with van der Waals surface area (Å²) in [6.45, 7) is 0. The Morgan fingerprint density at radius 1 is 0.556 bits per heavy atom. The van der Waals surface area contributed by atoms with E-state index in [1.165, 1.54) is 54.6 Å². The van der Waals surface area contributed by atoms with Gasteiger partial charge in [0.15, 0.2) is 11.4 Å². The van der Waals surface area contributed by atoms with Crippen LogP contribution in [0, 0.1) is 0 Å². The van der Waals surface area contributed by atoms with Crippen LogP contribution >= 0.6 is 0 Å². The molecule has 36 heavy (non-hydrogen) atoms. The molecule has 1 heterocycles. The zero-order valence-corrected chi connectivity index (χ0v) is 20.3. The van der Waals surface area contributed by atoms with Crippen molar-refractivity contribution in [1.29, 1.82) is 0 Å². The Balaban J connectivity index is 1.95. The number of para-hydroxylation sites is 1. The van der Waals surface area contributed by atoms with Gasteiger partial charge >= 0.3 is 0 Å². The van der Waals surface area contributed by atoms with E-state index in [0.717, 1.165) is 0 Å². The molecule has 0 atom stereocenters. The summed E-state index contributed by atoms with van der Waals surface area (Å²) >= 11 is 0. The molecule has 0 spiro atoms. The van der Waals surface area contributed by atoms with Crippen LogP contribution in [0.25, 0.3) is 22.3 Å². The molecule has 0 saturated carbocycles. The van der Waals surface area contributed by atoms with Crippen molar-refractivity contribution in [1.82, 2.24) is 0 Å². The lowest BCUT2D eigenvalue weighted by Crippen LogP contribution is -2.40. The minimum absolute atomic E-state index is 0.0451. The number of sulfonamides is 2. The molecule has 180 valence electrons. The number of nitrogens with zero attached hydrogens (tertiary/aromatic N) is 1. The monoisotopic (exact) mass is 517 g/mol. The third kappa shape index (κ3) is 3.98. The maximum absolute atomic E-state index is 14.0. The van der Waals surface area contributed by atoms with Crippen LogP contribution in [0.1, 0.15) is 0 Å². The molecule has 0 bridgehead atoms. The number of rotatable bonds is 6. The van der Waals surface area contributed by atoms with Crippen LogP contribution in [-0.4, -0.2) is 16.8 Å². The molecule has 0 aliphatic rings. The third-order valence-electron chi connectivity index (χ3n) is 5.51. The standard InChI is InChI=1S/C27H19NO6S2/c29-26-23-18-10-11-19-24(23)34-27(20-12-4-1-5-13-20)25(26)28(35(30,31)21-14-6-2-7-15-21)36(32,33)22-16-8-3-9-17-22/h1-19H. The van der Waals surface area contributed by atoms with Gasteiger partial charge in [0, 0.05) is 5.56 Å². The molecule has 0 aliphatic carbocycles. The average molecular weight is 518 g/mol. The van der Waals surface area contributed by atoms with Crippen molar-refractivity contribution in [2.24, 2.45) is 0 Å². The molecule has 0 N–H and O–H groups in total. The summed E-state index contributed by atoms with van der Waals surface area (Å²) in [5.74, 6) is -0.182. The molecule has 0 aliphatic heterocycles. The lowest BCUT2D eigenvalue weighted by molar-refractivity contribution is 0.581. The highest BCUT2D eigenvalue weighted by molar-refractivity contribution is 8.10. The Bertz CT molecular complexity index is 1750. The molecule has 0 amide bonds. The molecule has 5 aromatic rings. The molecule has 0 unspecified atom stereocenters. The van der Waals surface area contributed by atoms with Crippen LogP contribution in [0.15, 0.2) is 134 Å². The van der Waals surface area contributed by atoms with Crippen LogP contribution in [-0.2, 0) is 20.0 Å². The SMILES string of the molecule is O=c1c(N(S(=O)(=O)c2ccccc2)S(=O)(=O)c2ccccc2)c(-c2ccccc2)oc2ccccc12. The summed E-state index contributed by atoms with van der Waals surface area (Å²) in [7, 11) is -9.59. The van der Waals surface area contributed by atoms with Gasteiger partial charge in [-0.25, -0.2) is 16.8 Å². The molecule has 5 rings (SSSR count). The molecular formula is C27H19NO6S2. The number of hydrogen-bond acceptors (Lipinski definition) is 6. The fraction of sp³-hybridized carbons (Fsp3) is 0. The van der Waals surface area contributed by atoms with Gasteiger partial charge in [0.05, 0.1) is 15.2 Å². The van der Waals surface area contributed by atoms with Gasteiger partial charge in [-0.3, -0.25) is 4.79 Å². The maximum Gasteiger partial charge on any atom is 0.277 e. The van der Waals surface area contributed by atoms with Crippen molar-refractivity contribution in [2.45, 2.75) is 9.79 Å². The van der Waals surface area contributed by atoms with Gasteiger partial charge in [-0.05, 0) is 36.4 Å². The highest BCUT2D eigenvalue weighted by Gasteiger charge is 2.41. The molecule has 0 radical (unpaired) electrons. The molecule has 1 aromatic heterocycles. The van der Waals surface area contributed by atoms with Gasteiger partial charge in [-0.2, -0.15) is 0 Å². The van der Waals surface area contributed by atoms with Gasteiger partial charge in [0.1, 0.15) is 5.58 Å². The van der Waals surface area contributed by atoms with E-state index in [1.807, 2.05) is 0 Å². The van der Waals surface area contributed by atoms with Crippen LogP contribution in [0.2, 0.25) is 0 Å². The highest BCUT2D eigenvalue weighted by Crippen LogP contribution is 2.37. The second kappa shape index (κ2) is 9.10. The predicted molar refractivity (Wildman–Crippen MR) is 138 cm³/mol. The van der Waals surface area contributed by atoms with Crippen LogP contribution in [0.4, 0.5) is 5.69 Å². The van der Waals surface area contributed by atoms with E-state index in [-0.39, 0.29) is 30.2 Å². The first-order chi connectivity index (χ1) is 17.3. The van der Waals surface area contributed by atoms with E-state index in [0.29, 0.717) is 5.56 Å². The fourth-order valence-corrected chi connectivity index (χ4v) is 7.58. The summed E-state index contributed by atoms with van der Waals surface area (Å²) in [5.41, 5.74) is -0.881. The van der Waals surface area contributed by atoms with E-state index in [4.69, 9.17) is 4.42 Å². The summed E-state index contributed by atoms with van der Waals surface area (Å²) in [6.07, 6.45) is 0. The lowest BCUT2D eigenvalue weighted by atomic mass is 10.1. The first-order valence-corrected chi connectivity index (χ1v) is 13.7. The Kier molecular flexibility index (Phi) is 5.95. The summed E-state index contributed by atoms with van der Waals surface area (Å²) in [4.78, 5) is 13.3. The lowest BCUT2D eigenvalue weighted by Gasteiger charge is -2.25. The van der Waals surface area contributed by atoms with Crippen molar-refractivity contribution in [2.75, 3.05) is 3.71 Å². The molecular weight excluding hydrogens is 498 g/mol. The summed E-state index contributed by atoms with van der Waals surface area (Å²) in [5, 5.41) is 0.0451. The van der Waals surface area contributed by atoms with Gasteiger partial charge in [-0.15, -0.1) is 3.71 Å². The normalized spacial score (nSPS) is 11.9. The molecule has 0 saturated heterocycles. The Morgan fingerprint density at radius 3 is 1.53 bits per heavy atom. The van der Waals surface area contributed by atoms with Crippen LogP contribution in [0.3, 0.4) is 0 Å². The van der Waals surface area contributed by atoms with Gasteiger partial charge in [-0.1, -0.05) is 78.9 Å². The number of hydrogen-bond donors (Lipinski definition) is 0. The van der Waals surface area contributed by atoms with E-state index < -0.39 is 31.2 Å². The van der Waals surface area contributed by atoms with E-state index >= 15 is 0 Å². The van der Waals surface area contributed by atoms with Crippen LogP contribution in [0.5, 0.6) is 0 Å². The van der Waals surface area contributed by atoms with Crippen molar-refractivity contribution < 1.29 is 21.3 Å². The molecule has 0 fully saturated rings. The zero-order chi connectivity index (χ0) is 25.3. The van der Waals surface area contributed by atoms with Gasteiger partial charge < -0.3 is 4.42 Å². The second-order valence-electron chi connectivity index (χ2n) is 7.80. The average Bonchev–Trinajstić information content (AvgIpc) is 2.91. The maximum atomic E-state index is 14.0. The number of anilines is 1. The first kappa shape index (κ1) is 23.5. The zero-order valence-electron chi connectivity index (χ0n) is 18.7. The number of benzene rings is 4. The summed E-state index contributed by atoms with van der Waals surface area (Å²) < 4.78 is 62.2. The molecule has 4 aromatic carbocycles. The minimum Gasteiger partial charge on any atom is -0.454 e. The Labute approximate surface area is 208 Å². The number of fused-ring (bicyclic) bond motifs is 1. The smallest absolute Gasteiger partial charge is 0.277 e. The highest BCUT2D eigenvalue weighted by atomic mass is 32.3. The van der Waals surface area contributed by atoms with Crippen molar-refractivity contribution >= 4 is 36.7 Å². The fourth-order valence-electron chi connectivity index (χ4n) is 3.83. The van der Waals surface area contributed by atoms with E-state index in [2.05, 4.69) is 0 Å². The predicted octanol–water partition coefficient (Wildman–Crippen LogP) is 5.04. The van der Waals surface area contributed by atoms with Crippen LogP contribution < -0.4 is 9.14 Å². The van der Waals surface area contributed by atoms with Crippen molar-refractivity contribution in [3.8, 4) is 11.3 Å². The minimum atomic E-state index is -4.80. The van der Waals surface area contributed by atoms with Crippen molar-refractivity contribution in [3.05, 3.63) is 125 Å². The quantitative estimate of drug-likeness (QED) is 0.313. The Hall–Kier alpha value is -4.21. The molecule has 9 heteroatoms. The molecule has 7 nitrogen and oxygen atoms in total. The van der Waals surface area contributed by atoms with Gasteiger partial charge in [0.2, 0.25) is 5.43 Å². The van der Waals surface area contributed by atoms with Crippen molar-refractivity contribution in [3.63, 3.8) is 0 Å². The third-order valence-corrected chi connectivity index (χ3v) is 9.66. The largest absolute Gasteiger partial charge is 0.454 e. The van der Waals surface area contributed by atoms with Gasteiger partial charge in [0.25, 0.3) is 20.0 Å². The topological polar surface area (TPSA) is 102 Å². The van der Waals surface area contributed by atoms with E-state index in [1.54, 1.807) is 60.7 Å². The van der Waals surface area contributed by atoms with E-state index in [9.17, 15) is 21.6 Å². The second-order valence-corrected chi connectivity index (χ2v) is 11.6. The first-order valence-electron chi connectivity index (χ1n) is 10.8.